The van der Waals surface area contributed by atoms with Crippen molar-refractivity contribution in [1.29, 1.82) is 0 Å². The lowest BCUT2D eigenvalue weighted by atomic mass is 9.82. The van der Waals surface area contributed by atoms with Crippen molar-refractivity contribution < 1.29 is 9.53 Å². The molecule has 4 aliphatic rings. The van der Waals surface area contributed by atoms with E-state index in [9.17, 15) is 4.79 Å². The highest BCUT2D eigenvalue weighted by Gasteiger charge is 2.37. The first-order valence-electron chi connectivity index (χ1n) is 18.5. The van der Waals surface area contributed by atoms with Crippen LogP contribution in [0.25, 0.3) is 0 Å². The minimum Gasteiger partial charge on any atom is -0.495 e. The average molecular weight is 570 g/mol. The first-order valence-corrected chi connectivity index (χ1v) is 18.5. The third kappa shape index (κ3) is 11.6. The Morgan fingerprint density at radius 2 is 1.20 bits per heavy atom. The van der Waals surface area contributed by atoms with Crippen LogP contribution < -0.4 is 5.32 Å². The summed E-state index contributed by atoms with van der Waals surface area (Å²) in [7, 11) is 2.04. The molecule has 0 bridgehead atoms. The summed E-state index contributed by atoms with van der Waals surface area (Å²) in [6.45, 7) is 7.27. The van der Waals surface area contributed by atoms with E-state index in [-0.39, 0.29) is 0 Å². The van der Waals surface area contributed by atoms with Crippen LogP contribution in [0.4, 0.5) is 0 Å². The molecule has 4 fully saturated rings. The molecule has 4 rings (SSSR count). The Kier molecular flexibility index (Phi) is 14.6. The molecule has 4 aliphatic carbocycles. The smallest absolute Gasteiger partial charge is 0.129 e. The highest BCUT2D eigenvalue weighted by molar-refractivity contribution is 5.75. The van der Waals surface area contributed by atoms with Crippen molar-refractivity contribution in [3.05, 3.63) is 12.3 Å². The highest BCUT2D eigenvalue weighted by Crippen LogP contribution is 2.48. The van der Waals surface area contributed by atoms with Crippen LogP contribution in [0.5, 0.6) is 0 Å². The minimum atomic E-state index is 0.333. The van der Waals surface area contributed by atoms with Crippen LogP contribution in [0.3, 0.4) is 0 Å². The first-order chi connectivity index (χ1) is 20.0. The summed E-state index contributed by atoms with van der Waals surface area (Å²) in [5.74, 6) is 8.18. The van der Waals surface area contributed by atoms with Crippen molar-refractivity contribution in [2.45, 2.75) is 167 Å². The van der Waals surface area contributed by atoms with Crippen LogP contribution >= 0.6 is 0 Å². The molecule has 1 N–H and O–H groups in total. The lowest BCUT2D eigenvalue weighted by molar-refractivity contribution is -0.117. The quantitative estimate of drug-likeness (QED) is 0.117. The number of ketones is 1. The molecule has 3 heteroatoms. The predicted molar refractivity (Wildman–Crippen MR) is 174 cm³/mol. The molecule has 3 nitrogen and oxygen atoms in total. The standard InChI is InChI=1S/C38H67NO2/c1-29(40)11-8-13-31(15-10-24-39-3)14-9-12-30(2)41-38(22-20-32-25-34-16-4-5-17-35(34)26-32)23-21-33-27-36-18-6-7-19-37(36)28-33/h31-39H,2,4-28H2,1,3H3. The molecule has 236 valence electrons. The molecular weight excluding hydrogens is 502 g/mol. The van der Waals surface area contributed by atoms with Gasteiger partial charge in [0.15, 0.2) is 0 Å². The zero-order valence-electron chi connectivity index (χ0n) is 27.3. The number of allylic oxidation sites excluding steroid dienone is 1. The molecule has 41 heavy (non-hydrogen) atoms. The van der Waals surface area contributed by atoms with Gasteiger partial charge < -0.3 is 14.8 Å². The number of carbonyl (C=O) groups excluding carboxylic acids is 1. The number of ether oxygens (including phenoxy) is 1. The summed E-state index contributed by atoms with van der Waals surface area (Å²) < 4.78 is 6.75. The molecule has 0 aromatic rings. The zero-order valence-corrected chi connectivity index (χ0v) is 27.3. The van der Waals surface area contributed by atoms with Gasteiger partial charge in [-0.05, 0) is 139 Å². The number of hydrogen-bond donors (Lipinski definition) is 1. The Bertz CT molecular complexity index is 699. The van der Waals surface area contributed by atoms with Crippen LogP contribution in [-0.2, 0) is 9.53 Å². The van der Waals surface area contributed by atoms with Gasteiger partial charge in [0.2, 0.25) is 0 Å². The van der Waals surface area contributed by atoms with E-state index in [1.54, 1.807) is 6.92 Å². The van der Waals surface area contributed by atoms with Gasteiger partial charge in [-0.15, -0.1) is 0 Å². The van der Waals surface area contributed by atoms with Crippen molar-refractivity contribution in [3.8, 4) is 0 Å². The number of hydrogen-bond acceptors (Lipinski definition) is 3. The molecule has 0 spiro atoms. The number of carbonyl (C=O) groups is 1. The maximum Gasteiger partial charge on any atom is 0.129 e. The largest absolute Gasteiger partial charge is 0.495 e. The maximum absolute atomic E-state index is 11.5. The van der Waals surface area contributed by atoms with E-state index < -0.39 is 0 Å². The molecule has 5 unspecified atom stereocenters. The van der Waals surface area contributed by atoms with Crippen molar-refractivity contribution in [3.63, 3.8) is 0 Å². The van der Waals surface area contributed by atoms with E-state index in [1.807, 2.05) is 7.05 Å². The molecule has 0 aromatic carbocycles. The molecule has 0 aromatic heterocycles. The fourth-order valence-electron chi connectivity index (χ4n) is 9.81. The second-order valence-electron chi connectivity index (χ2n) is 15.3. The summed E-state index contributed by atoms with van der Waals surface area (Å²) >= 11 is 0. The van der Waals surface area contributed by atoms with Gasteiger partial charge in [0.05, 0.1) is 11.9 Å². The monoisotopic (exact) mass is 570 g/mol. The summed E-state index contributed by atoms with van der Waals surface area (Å²) in [6.07, 6.45) is 32.5. The molecule has 0 saturated heterocycles. The Morgan fingerprint density at radius 3 is 1.66 bits per heavy atom. The van der Waals surface area contributed by atoms with Crippen molar-refractivity contribution >= 4 is 5.78 Å². The van der Waals surface area contributed by atoms with E-state index in [1.165, 1.54) is 135 Å². The van der Waals surface area contributed by atoms with E-state index >= 15 is 0 Å². The normalized spacial score (nSPS) is 30.9. The summed E-state index contributed by atoms with van der Waals surface area (Å²) in [4.78, 5) is 11.5. The van der Waals surface area contributed by atoms with E-state index in [4.69, 9.17) is 4.74 Å². The third-order valence-corrected chi connectivity index (χ3v) is 12.1. The number of rotatable bonds is 20. The molecule has 0 amide bonds. The van der Waals surface area contributed by atoms with Crippen molar-refractivity contribution in [2.24, 2.45) is 41.4 Å². The van der Waals surface area contributed by atoms with Crippen molar-refractivity contribution in [2.75, 3.05) is 13.6 Å². The van der Waals surface area contributed by atoms with Crippen molar-refractivity contribution in [1.82, 2.24) is 5.32 Å². The number of nitrogens with one attached hydrogen (secondary N) is 1. The van der Waals surface area contributed by atoms with Gasteiger partial charge in [0.25, 0.3) is 0 Å². The predicted octanol–water partition coefficient (Wildman–Crippen LogP) is 10.4. The first kappa shape index (κ1) is 33.1. The van der Waals surface area contributed by atoms with Crippen LogP contribution in [-0.4, -0.2) is 25.5 Å². The Balaban J connectivity index is 1.22. The van der Waals surface area contributed by atoms with Gasteiger partial charge in [0.1, 0.15) is 5.78 Å². The molecule has 0 aliphatic heterocycles. The van der Waals surface area contributed by atoms with Gasteiger partial charge in [0, 0.05) is 12.8 Å². The van der Waals surface area contributed by atoms with Gasteiger partial charge >= 0.3 is 0 Å². The molecule has 5 atom stereocenters. The number of fused-ring (bicyclic) bond motifs is 2. The number of Topliss-reactive ketones (excluding diaryl/α,β-unsaturated/α-hetero) is 1. The maximum atomic E-state index is 11.5. The highest BCUT2D eigenvalue weighted by atomic mass is 16.5. The summed E-state index contributed by atoms with van der Waals surface area (Å²) in [6, 6.07) is 0. The Morgan fingerprint density at radius 1 is 0.732 bits per heavy atom. The van der Waals surface area contributed by atoms with Gasteiger partial charge in [-0.1, -0.05) is 70.8 Å². The lowest BCUT2D eigenvalue weighted by Gasteiger charge is -2.24. The Labute approximate surface area is 254 Å². The Hall–Kier alpha value is -0.830. The van der Waals surface area contributed by atoms with Gasteiger partial charge in [-0.2, -0.15) is 0 Å². The SMILES string of the molecule is C=C(CCCC(CCCNC)CCCC(C)=O)OC(CCC1CC2CCCCC2C1)CCC1CC2CCCCC2C1. The zero-order chi connectivity index (χ0) is 28.9. The third-order valence-electron chi connectivity index (χ3n) is 12.1. The molecule has 4 saturated carbocycles. The van der Waals surface area contributed by atoms with E-state index in [0.29, 0.717) is 11.9 Å². The fourth-order valence-corrected chi connectivity index (χ4v) is 9.81. The topological polar surface area (TPSA) is 38.3 Å². The fraction of sp³-hybridized carbons (Fsp3) is 0.921. The van der Waals surface area contributed by atoms with E-state index in [2.05, 4.69) is 11.9 Å². The second-order valence-corrected chi connectivity index (χ2v) is 15.3. The summed E-state index contributed by atoms with van der Waals surface area (Å²) in [5.41, 5.74) is 0. The van der Waals surface area contributed by atoms with Crippen LogP contribution in [0.2, 0.25) is 0 Å². The molecule has 0 radical (unpaired) electrons. The van der Waals surface area contributed by atoms with Crippen LogP contribution in [0, 0.1) is 41.4 Å². The van der Waals surface area contributed by atoms with E-state index in [0.717, 1.165) is 73.0 Å². The molecular formula is C38H67NO2. The van der Waals surface area contributed by atoms with Crippen LogP contribution in [0.15, 0.2) is 12.3 Å². The van der Waals surface area contributed by atoms with Gasteiger partial charge in [-0.3, -0.25) is 0 Å². The lowest BCUT2D eigenvalue weighted by Crippen LogP contribution is -2.16. The van der Waals surface area contributed by atoms with Gasteiger partial charge in [-0.25, -0.2) is 0 Å². The molecule has 0 heterocycles. The second kappa shape index (κ2) is 18.1. The summed E-state index contributed by atoms with van der Waals surface area (Å²) in [5, 5.41) is 3.30. The average Bonchev–Trinajstić information content (AvgIpc) is 3.57. The van der Waals surface area contributed by atoms with Crippen LogP contribution in [0.1, 0.15) is 161 Å². The minimum absolute atomic E-state index is 0.333.